The number of benzene rings is 2. The van der Waals surface area contributed by atoms with Gasteiger partial charge in [0.1, 0.15) is 11.4 Å². The number of fused-ring (bicyclic) bond motifs is 1. The van der Waals surface area contributed by atoms with E-state index in [1.165, 1.54) is 0 Å². The molecule has 0 atom stereocenters. The van der Waals surface area contributed by atoms with Gasteiger partial charge >= 0.3 is 0 Å². The van der Waals surface area contributed by atoms with Crippen LogP contribution in [0.25, 0.3) is 6.08 Å². The lowest BCUT2D eigenvalue weighted by molar-refractivity contribution is -0.118. The van der Waals surface area contributed by atoms with Gasteiger partial charge in [-0.15, -0.1) is 0 Å². The van der Waals surface area contributed by atoms with Crippen LogP contribution in [-0.2, 0) is 4.79 Å². The van der Waals surface area contributed by atoms with Crippen LogP contribution in [0.5, 0.6) is 17.2 Å². The van der Waals surface area contributed by atoms with E-state index in [1.807, 2.05) is 32.1 Å². The lowest BCUT2D eigenvalue weighted by Gasteiger charge is -2.28. The van der Waals surface area contributed by atoms with Crippen molar-refractivity contribution in [2.45, 2.75) is 19.4 Å². The van der Waals surface area contributed by atoms with Gasteiger partial charge in [0.2, 0.25) is 0 Å². The van der Waals surface area contributed by atoms with Crippen LogP contribution < -0.4 is 19.5 Å². The molecule has 2 aromatic rings. The second kappa shape index (κ2) is 7.30. The molecule has 0 saturated heterocycles. The molecule has 1 aliphatic heterocycles. The van der Waals surface area contributed by atoms with Gasteiger partial charge in [-0.05, 0) is 38.1 Å². The van der Waals surface area contributed by atoms with Crippen molar-refractivity contribution >= 4 is 29.3 Å². The minimum absolute atomic E-state index is 0.181. The van der Waals surface area contributed by atoms with Crippen molar-refractivity contribution in [2.24, 2.45) is 0 Å². The second-order valence-corrected chi connectivity index (χ2v) is 6.80. The Balaban J connectivity index is 1.72. The van der Waals surface area contributed by atoms with Gasteiger partial charge in [-0.25, -0.2) is 0 Å². The van der Waals surface area contributed by atoms with Crippen molar-refractivity contribution in [3.8, 4) is 17.2 Å². The maximum Gasteiger partial charge on any atom is 0.262 e. The lowest BCUT2D eigenvalue weighted by Crippen LogP contribution is -2.27. The van der Waals surface area contributed by atoms with Gasteiger partial charge in [0, 0.05) is 11.6 Å². The number of amides is 1. The number of anilines is 1. The number of para-hydroxylation sites is 1. The maximum atomic E-state index is 12.2. The van der Waals surface area contributed by atoms with Gasteiger partial charge in [0.05, 0.1) is 17.8 Å². The SMILES string of the molecule is COc1cc2c(cc1OCC(=O)Nc1ccccc1Cl)OC(C)(C)C=C2. The Hall–Kier alpha value is -2.66. The van der Waals surface area contributed by atoms with Crippen LogP contribution in [0.15, 0.2) is 42.5 Å². The maximum absolute atomic E-state index is 12.2. The molecular weight excluding hydrogens is 354 g/mol. The van der Waals surface area contributed by atoms with E-state index in [1.54, 1.807) is 37.4 Å². The average Bonchev–Trinajstić information content (AvgIpc) is 2.60. The summed E-state index contributed by atoms with van der Waals surface area (Å²) in [5, 5.41) is 3.18. The molecule has 26 heavy (non-hydrogen) atoms. The summed E-state index contributed by atoms with van der Waals surface area (Å²) >= 11 is 6.04. The smallest absolute Gasteiger partial charge is 0.262 e. The molecule has 1 heterocycles. The Morgan fingerprint density at radius 2 is 2.00 bits per heavy atom. The molecule has 1 N–H and O–H groups in total. The summed E-state index contributed by atoms with van der Waals surface area (Å²) < 4.78 is 17.0. The van der Waals surface area contributed by atoms with Crippen molar-refractivity contribution in [2.75, 3.05) is 19.0 Å². The summed E-state index contributed by atoms with van der Waals surface area (Å²) in [5.74, 6) is 1.33. The summed E-state index contributed by atoms with van der Waals surface area (Å²) in [6.07, 6.45) is 3.96. The summed E-state index contributed by atoms with van der Waals surface area (Å²) in [6, 6.07) is 10.6. The third-order valence-corrected chi connectivity index (χ3v) is 4.17. The minimum Gasteiger partial charge on any atom is -0.493 e. The van der Waals surface area contributed by atoms with E-state index in [0.29, 0.717) is 28.0 Å². The Kier molecular flexibility index (Phi) is 5.09. The average molecular weight is 374 g/mol. The molecular formula is C20H20ClNO4. The summed E-state index contributed by atoms with van der Waals surface area (Å²) in [4.78, 5) is 12.2. The first-order valence-electron chi connectivity index (χ1n) is 8.15. The Morgan fingerprint density at radius 3 is 2.73 bits per heavy atom. The predicted octanol–water partition coefficient (Wildman–Crippen LogP) is 4.55. The first-order chi connectivity index (χ1) is 12.4. The summed E-state index contributed by atoms with van der Waals surface area (Å²) in [7, 11) is 1.55. The van der Waals surface area contributed by atoms with Gasteiger partial charge in [-0.2, -0.15) is 0 Å². The minimum atomic E-state index is -0.402. The van der Waals surface area contributed by atoms with E-state index in [4.69, 9.17) is 25.8 Å². The highest BCUT2D eigenvalue weighted by atomic mass is 35.5. The van der Waals surface area contributed by atoms with Crippen molar-refractivity contribution in [1.82, 2.24) is 0 Å². The number of hydrogen-bond donors (Lipinski definition) is 1. The van der Waals surface area contributed by atoms with Crippen LogP contribution in [0.2, 0.25) is 5.02 Å². The second-order valence-electron chi connectivity index (χ2n) is 6.40. The number of carbonyl (C=O) groups is 1. The van der Waals surface area contributed by atoms with E-state index in [0.717, 1.165) is 5.56 Å². The first-order valence-corrected chi connectivity index (χ1v) is 8.53. The molecule has 1 amide bonds. The molecule has 0 saturated carbocycles. The van der Waals surface area contributed by atoms with E-state index in [-0.39, 0.29) is 12.5 Å². The van der Waals surface area contributed by atoms with Gasteiger partial charge in [0.15, 0.2) is 18.1 Å². The molecule has 6 heteroatoms. The number of halogens is 1. The number of hydrogen-bond acceptors (Lipinski definition) is 4. The van der Waals surface area contributed by atoms with Crippen molar-refractivity contribution in [3.63, 3.8) is 0 Å². The molecule has 3 rings (SSSR count). The normalized spacial score (nSPS) is 14.2. The largest absolute Gasteiger partial charge is 0.493 e. The quantitative estimate of drug-likeness (QED) is 0.835. The zero-order valence-corrected chi connectivity index (χ0v) is 15.6. The van der Waals surface area contributed by atoms with Gasteiger partial charge in [0.25, 0.3) is 5.91 Å². The van der Waals surface area contributed by atoms with E-state index in [9.17, 15) is 4.79 Å². The molecule has 136 valence electrons. The molecule has 0 spiro atoms. The van der Waals surface area contributed by atoms with Crippen molar-refractivity contribution < 1.29 is 19.0 Å². The van der Waals surface area contributed by atoms with E-state index in [2.05, 4.69) is 5.32 Å². The van der Waals surface area contributed by atoms with Crippen LogP contribution in [0.4, 0.5) is 5.69 Å². The fourth-order valence-corrected chi connectivity index (χ4v) is 2.73. The highest BCUT2D eigenvalue weighted by Crippen LogP contribution is 2.39. The number of carbonyl (C=O) groups excluding carboxylic acids is 1. The predicted molar refractivity (Wildman–Crippen MR) is 102 cm³/mol. The topological polar surface area (TPSA) is 56.8 Å². The Labute approximate surface area is 157 Å². The third kappa shape index (κ3) is 4.11. The zero-order chi connectivity index (χ0) is 18.7. The molecule has 0 unspecified atom stereocenters. The standard InChI is InChI=1S/C20H20ClNO4/c1-20(2)9-8-13-10-17(24-3)18(11-16(13)26-20)25-12-19(23)22-15-7-5-4-6-14(15)21/h4-11H,12H2,1-3H3,(H,22,23). The van der Waals surface area contributed by atoms with Gasteiger partial charge < -0.3 is 19.5 Å². The third-order valence-electron chi connectivity index (χ3n) is 3.84. The lowest BCUT2D eigenvalue weighted by atomic mass is 10.0. The monoisotopic (exact) mass is 373 g/mol. The van der Waals surface area contributed by atoms with Crippen LogP contribution in [0.3, 0.4) is 0 Å². The zero-order valence-electron chi connectivity index (χ0n) is 14.8. The van der Waals surface area contributed by atoms with Crippen molar-refractivity contribution in [3.05, 3.63) is 53.1 Å². The van der Waals surface area contributed by atoms with Gasteiger partial charge in [-0.3, -0.25) is 4.79 Å². The fraction of sp³-hybridized carbons (Fsp3) is 0.250. The van der Waals surface area contributed by atoms with E-state index < -0.39 is 5.60 Å². The molecule has 5 nitrogen and oxygen atoms in total. The number of nitrogens with one attached hydrogen (secondary N) is 1. The van der Waals surface area contributed by atoms with Crippen LogP contribution in [0.1, 0.15) is 19.4 Å². The highest BCUT2D eigenvalue weighted by Gasteiger charge is 2.23. The fourth-order valence-electron chi connectivity index (χ4n) is 2.55. The molecule has 0 bridgehead atoms. The molecule has 0 radical (unpaired) electrons. The Morgan fingerprint density at radius 1 is 1.23 bits per heavy atom. The highest BCUT2D eigenvalue weighted by molar-refractivity contribution is 6.33. The molecule has 0 aliphatic carbocycles. The molecule has 0 aromatic heterocycles. The number of ether oxygens (including phenoxy) is 3. The molecule has 2 aromatic carbocycles. The molecule has 0 fully saturated rings. The Bertz CT molecular complexity index is 861. The van der Waals surface area contributed by atoms with Gasteiger partial charge in [-0.1, -0.05) is 29.8 Å². The summed E-state index contributed by atoms with van der Waals surface area (Å²) in [6.45, 7) is 3.75. The van der Waals surface area contributed by atoms with Crippen LogP contribution in [-0.4, -0.2) is 25.2 Å². The first kappa shape index (κ1) is 18.1. The number of rotatable bonds is 5. The van der Waals surface area contributed by atoms with Crippen LogP contribution >= 0.6 is 11.6 Å². The number of methoxy groups -OCH3 is 1. The van der Waals surface area contributed by atoms with Crippen LogP contribution in [0, 0.1) is 0 Å². The summed E-state index contributed by atoms with van der Waals surface area (Å²) in [5.41, 5.74) is 1.03. The molecule has 1 aliphatic rings. The van der Waals surface area contributed by atoms with Crippen molar-refractivity contribution in [1.29, 1.82) is 0 Å². The van der Waals surface area contributed by atoms with E-state index >= 15 is 0 Å².